The predicted molar refractivity (Wildman–Crippen MR) is 86.9 cm³/mol. The number of amides is 1. The van der Waals surface area contributed by atoms with Crippen molar-refractivity contribution in [2.24, 2.45) is 0 Å². The Morgan fingerprint density at radius 1 is 1.14 bits per heavy atom. The molecule has 21 heavy (non-hydrogen) atoms. The molecule has 0 aromatic heterocycles. The fourth-order valence-electron chi connectivity index (χ4n) is 2.55. The Labute approximate surface area is 124 Å². The summed E-state index contributed by atoms with van der Waals surface area (Å²) in [5.41, 5.74) is 5.13. The lowest BCUT2D eigenvalue weighted by Gasteiger charge is -2.27. The molecule has 0 fully saturated rings. The second-order valence-electron chi connectivity index (χ2n) is 5.43. The van der Waals surface area contributed by atoms with Gasteiger partial charge in [-0.15, -0.1) is 0 Å². The molecule has 0 saturated carbocycles. The molecule has 4 heteroatoms. The van der Waals surface area contributed by atoms with Crippen LogP contribution in [0.25, 0.3) is 0 Å². The number of anilines is 3. The molecule has 1 amide bonds. The third-order valence-electron chi connectivity index (χ3n) is 3.71. The highest BCUT2D eigenvalue weighted by Gasteiger charge is 2.23. The largest absolute Gasteiger partial charge is 0.381 e. The Morgan fingerprint density at radius 3 is 2.67 bits per heavy atom. The number of para-hydroxylation sites is 2. The first-order valence-corrected chi connectivity index (χ1v) is 7.11. The van der Waals surface area contributed by atoms with E-state index >= 15 is 0 Å². The van der Waals surface area contributed by atoms with Crippen molar-refractivity contribution in [3.63, 3.8) is 0 Å². The highest BCUT2D eigenvalue weighted by Crippen LogP contribution is 2.25. The molecule has 0 radical (unpaired) electrons. The van der Waals surface area contributed by atoms with Gasteiger partial charge in [-0.1, -0.05) is 29.8 Å². The summed E-state index contributed by atoms with van der Waals surface area (Å²) in [6.07, 6.45) is 0. The van der Waals surface area contributed by atoms with Crippen LogP contribution in [0.3, 0.4) is 0 Å². The van der Waals surface area contributed by atoms with Crippen LogP contribution in [0, 0.1) is 13.8 Å². The van der Waals surface area contributed by atoms with E-state index in [0.717, 1.165) is 22.6 Å². The van der Waals surface area contributed by atoms with E-state index < -0.39 is 0 Å². The zero-order valence-electron chi connectivity index (χ0n) is 12.2. The monoisotopic (exact) mass is 281 g/mol. The minimum Gasteiger partial charge on any atom is -0.381 e. The summed E-state index contributed by atoms with van der Waals surface area (Å²) in [6, 6.07) is 13.6. The second-order valence-corrected chi connectivity index (χ2v) is 5.43. The van der Waals surface area contributed by atoms with Gasteiger partial charge in [0.15, 0.2) is 0 Å². The van der Waals surface area contributed by atoms with E-state index in [1.807, 2.05) is 50.2 Å². The third-order valence-corrected chi connectivity index (χ3v) is 3.71. The van der Waals surface area contributed by atoms with Gasteiger partial charge >= 0.3 is 0 Å². The van der Waals surface area contributed by atoms with Crippen LogP contribution in [0.1, 0.15) is 11.1 Å². The van der Waals surface area contributed by atoms with Crippen molar-refractivity contribution in [2.45, 2.75) is 19.9 Å². The van der Waals surface area contributed by atoms with Gasteiger partial charge < -0.3 is 16.0 Å². The molecule has 1 atom stereocenters. The van der Waals surface area contributed by atoms with Crippen molar-refractivity contribution in [3.05, 3.63) is 53.6 Å². The van der Waals surface area contributed by atoms with E-state index in [0.29, 0.717) is 6.54 Å². The first kappa shape index (κ1) is 13.5. The van der Waals surface area contributed by atoms with Gasteiger partial charge in [0, 0.05) is 12.2 Å². The molecule has 3 rings (SSSR count). The van der Waals surface area contributed by atoms with Gasteiger partial charge in [0.2, 0.25) is 5.91 Å². The van der Waals surface area contributed by atoms with Crippen molar-refractivity contribution in [1.29, 1.82) is 0 Å². The molecule has 1 unspecified atom stereocenters. The number of hydrogen-bond acceptors (Lipinski definition) is 3. The van der Waals surface area contributed by atoms with Crippen molar-refractivity contribution >= 4 is 23.0 Å². The quantitative estimate of drug-likeness (QED) is 0.792. The summed E-state index contributed by atoms with van der Waals surface area (Å²) in [7, 11) is 0. The van der Waals surface area contributed by atoms with Gasteiger partial charge in [0.25, 0.3) is 0 Å². The summed E-state index contributed by atoms with van der Waals surface area (Å²) in [4.78, 5) is 12.4. The number of carbonyl (C=O) groups excluding carboxylic acids is 1. The number of nitrogens with one attached hydrogen (secondary N) is 3. The summed E-state index contributed by atoms with van der Waals surface area (Å²) in [5, 5.41) is 9.55. The van der Waals surface area contributed by atoms with Crippen LogP contribution in [0.2, 0.25) is 0 Å². The lowest BCUT2D eigenvalue weighted by Crippen LogP contribution is -2.42. The fraction of sp³-hybridized carbons (Fsp3) is 0.235. The van der Waals surface area contributed by atoms with Crippen molar-refractivity contribution in [2.75, 3.05) is 22.5 Å². The molecule has 0 bridgehead atoms. The topological polar surface area (TPSA) is 53.2 Å². The lowest BCUT2D eigenvalue weighted by atomic mass is 10.1. The molecule has 1 aliphatic rings. The summed E-state index contributed by atoms with van der Waals surface area (Å²) in [6.45, 7) is 4.63. The Morgan fingerprint density at radius 2 is 1.90 bits per heavy atom. The van der Waals surface area contributed by atoms with Crippen LogP contribution in [-0.2, 0) is 4.79 Å². The summed E-state index contributed by atoms with van der Waals surface area (Å²) >= 11 is 0. The minimum absolute atomic E-state index is 0.0241. The number of aryl methyl sites for hydroxylation is 2. The highest BCUT2D eigenvalue weighted by molar-refractivity contribution is 5.98. The van der Waals surface area contributed by atoms with Crippen molar-refractivity contribution < 1.29 is 4.79 Å². The smallest absolute Gasteiger partial charge is 0.248 e. The number of rotatable bonds is 2. The molecule has 2 aromatic rings. The van der Waals surface area contributed by atoms with Crippen molar-refractivity contribution in [1.82, 2.24) is 0 Å². The molecule has 0 spiro atoms. The molecule has 0 aliphatic carbocycles. The number of hydrogen-bond donors (Lipinski definition) is 3. The van der Waals surface area contributed by atoms with Crippen LogP contribution >= 0.6 is 0 Å². The Hall–Kier alpha value is -2.49. The van der Waals surface area contributed by atoms with Gasteiger partial charge in [-0.05, 0) is 37.6 Å². The molecule has 1 aliphatic heterocycles. The number of carbonyl (C=O) groups is 1. The summed E-state index contributed by atoms with van der Waals surface area (Å²) in [5.74, 6) is -0.0241. The SMILES string of the molecule is Cc1ccc(NC(=O)C2CNc3ccccc3N2)c(C)c1. The van der Waals surface area contributed by atoms with Gasteiger partial charge in [0.1, 0.15) is 6.04 Å². The van der Waals surface area contributed by atoms with Crippen LogP contribution in [-0.4, -0.2) is 18.5 Å². The zero-order chi connectivity index (χ0) is 14.8. The predicted octanol–water partition coefficient (Wildman–Crippen LogP) is 3.15. The lowest BCUT2D eigenvalue weighted by molar-refractivity contribution is -0.116. The molecular weight excluding hydrogens is 262 g/mol. The van der Waals surface area contributed by atoms with E-state index in [1.54, 1.807) is 0 Å². The maximum Gasteiger partial charge on any atom is 0.248 e. The average Bonchev–Trinajstić information content (AvgIpc) is 2.49. The minimum atomic E-state index is -0.277. The van der Waals surface area contributed by atoms with Gasteiger partial charge in [-0.2, -0.15) is 0 Å². The molecule has 108 valence electrons. The van der Waals surface area contributed by atoms with Gasteiger partial charge in [-0.25, -0.2) is 0 Å². The fourth-order valence-corrected chi connectivity index (χ4v) is 2.55. The third kappa shape index (κ3) is 2.84. The van der Waals surface area contributed by atoms with Crippen LogP contribution in [0.15, 0.2) is 42.5 Å². The molecule has 1 heterocycles. The molecule has 2 aromatic carbocycles. The Balaban J connectivity index is 1.72. The normalized spacial score (nSPS) is 16.4. The van der Waals surface area contributed by atoms with E-state index in [2.05, 4.69) is 22.0 Å². The molecular formula is C17H19N3O. The molecule has 0 saturated heterocycles. The summed E-state index contributed by atoms with van der Waals surface area (Å²) < 4.78 is 0. The highest BCUT2D eigenvalue weighted by atomic mass is 16.2. The van der Waals surface area contributed by atoms with Gasteiger partial charge in [0.05, 0.1) is 11.4 Å². The van der Waals surface area contributed by atoms with Crippen LogP contribution in [0.5, 0.6) is 0 Å². The first-order chi connectivity index (χ1) is 10.1. The van der Waals surface area contributed by atoms with Crippen LogP contribution in [0.4, 0.5) is 17.1 Å². The second kappa shape index (κ2) is 5.48. The number of fused-ring (bicyclic) bond motifs is 1. The maximum atomic E-state index is 12.4. The van der Waals surface area contributed by atoms with E-state index in [1.165, 1.54) is 5.56 Å². The molecule has 3 N–H and O–H groups in total. The van der Waals surface area contributed by atoms with Crippen LogP contribution < -0.4 is 16.0 Å². The first-order valence-electron chi connectivity index (χ1n) is 7.11. The van der Waals surface area contributed by atoms with E-state index in [9.17, 15) is 4.79 Å². The van der Waals surface area contributed by atoms with Gasteiger partial charge in [-0.3, -0.25) is 4.79 Å². The van der Waals surface area contributed by atoms with Crippen molar-refractivity contribution in [3.8, 4) is 0 Å². The Kier molecular flexibility index (Phi) is 3.52. The zero-order valence-corrected chi connectivity index (χ0v) is 12.2. The standard InChI is InChI=1S/C17H19N3O/c1-11-7-8-13(12(2)9-11)20-17(21)16-10-18-14-5-3-4-6-15(14)19-16/h3-9,16,18-19H,10H2,1-2H3,(H,20,21). The van der Waals surface area contributed by atoms with E-state index in [4.69, 9.17) is 0 Å². The maximum absolute atomic E-state index is 12.4. The number of benzene rings is 2. The van der Waals surface area contributed by atoms with E-state index in [-0.39, 0.29) is 11.9 Å². The Bertz CT molecular complexity index is 681. The molecule has 4 nitrogen and oxygen atoms in total. The average molecular weight is 281 g/mol.